The first-order chi connectivity index (χ1) is 11.6. The molecule has 1 saturated heterocycles. The van der Waals surface area contributed by atoms with Crippen LogP contribution in [0.25, 0.3) is 0 Å². The van der Waals surface area contributed by atoms with Crippen molar-refractivity contribution in [3.8, 4) is 5.75 Å². The van der Waals surface area contributed by atoms with E-state index in [2.05, 4.69) is 4.74 Å². The lowest BCUT2D eigenvalue weighted by Crippen LogP contribution is -2.44. The average molecular weight is 379 g/mol. The fraction of sp³-hybridized carbons (Fsp3) is 0.533. The number of ether oxygens (including phenoxy) is 1. The molecule has 0 amide bonds. The molecule has 10 heteroatoms. The molecule has 0 unspecified atom stereocenters. The summed E-state index contributed by atoms with van der Waals surface area (Å²) >= 11 is 0. The summed E-state index contributed by atoms with van der Waals surface area (Å²) in [4.78, 5) is 11.2. The first-order valence-electron chi connectivity index (χ1n) is 7.72. The summed E-state index contributed by atoms with van der Waals surface area (Å²) in [5, 5.41) is 9.37. The molecule has 3 atom stereocenters. The van der Waals surface area contributed by atoms with Crippen molar-refractivity contribution in [3.63, 3.8) is 0 Å². The molecule has 0 bridgehead atoms. The Morgan fingerprint density at radius 3 is 2.40 bits per heavy atom. The van der Waals surface area contributed by atoms with Crippen molar-refractivity contribution >= 4 is 16.0 Å². The topological polar surface area (TPSA) is 83.9 Å². The van der Waals surface area contributed by atoms with Gasteiger partial charge >= 0.3 is 12.3 Å². The van der Waals surface area contributed by atoms with E-state index in [4.69, 9.17) is 0 Å². The zero-order valence-corrected chi connectivity index (χ0v) is 13.8. The lowest BCUT2D eigenvalue weighted by Gasteiger charge is -2.26. The van der Waals surface area contributed by atoms with Gasteiger partial charge in [-0.1, -0.05) is 6.42 Å². The highest BCUT2D eigenvalue weighted by atomic mass is 32.2. The Bertz CT molecular complexity index is 762. The lowest BCUT2D eigenvalue weighted by atomic mass is 10.0. The first-order valence-corrected chi connectivity index (χ1v) is 9.16. The van der Waals surface area contributed by atoms with E-state index in [1.807, 2.05) is 0 Å². The van der Waals surface area contributed by atoms with Crippen molar-refractivity contribution in [2.24, 2.45) is 5.92 Å². The van der Waals surface area contributed by atoms with Crippen molar-refractivity contribution in [2.45, 2.75) is 49.0 Å². The molecule has 138 valence electrons. The van der Waals surface area contributed by atoms with Gasteiger partial charge in [0.15, 0.2) is 0 Å². The highest BCUT2D eigenvalue weighted by Gasteiger charge is 2.52. The second-order valence-electron chi connectivity index (χ2n) is 6.20. The van der Waals surface area contributed by atoms with Crippen LogP contribution >= 0.6 is 0 Å². The minimum Gasteiger partial charge on any atom is -0.480 e. The average Bonchev–Trinajstić information content (AvgIpc) is 3.05. The minimum absolute atomic E-state index is 0.00344. The van der Waals surface area contributed by atoms with E-state index in [0.29, 0.717) is 6.42 Å². The molecule has 2 aliphatic rings. The third-order valence-electron chi connectivity index (χ3n) is 4.70. The van der Waals surface area contributed by atoms with Gasteiger partial charge in [0.25, 0.3) is 0 Å². The van der Waals surface area contributed by atoms with Crippen LogP contribution in [-0.2, 0) is 14.8 Å². The number of rotatable bonds is 4. The Morgan fingerprint density at radius 1 is 1.20 bits per heavy atom. The molecule has 1 N–H and O–H groups in total. The van der Waals surface area contributed by atoms with Crippen LogP contribution in [0, 0.1) is 5.92 Å². The molecule has 25 heavy (non-hydrogen) atoms. The minimum atomic E-state index is -4.87. The Labute approximate surface area is 142 Å². The molecular weight excluding hydrogens is 363 g/mol. The van der Waals surface area contributed by atoms with Crippen LogP contribution in [0.4, 0.5) is 13.2 Å². The molecular formula is C15H16F3NO5S. The molecule has 1 aromatic carbocycles. The number of carboxylic acid groups (broad SMARTS) is 1. The standard InChI is InChI=1S/C15H16F3NO5S/c16-15(17,18)24-10-4-6-11(7-5-10)25(22,23)19-12-3-1-2-9(12)8-13(19)14(20)21/h4-7,9,12-13H,1-3,8H2,(H,20,21)/t9-,12-,13-/m1/s1. The van der Waals surface area contributed by atoms with Crippen LogP contribution in [-0.4, -0.2) is 42.2 Å². The Balaban J connectivity index is 1.90. The Morgan fingerprint density at radius 2 is 1.84 bits per heavy atom. The Hall–Kier alpha value is -1.81. The molecule has 0 aromatic heterocycles. The molecule has 6 nitrogen and oxygen atoms in total. The van der Waals surface area contributed by atoms with Gasteiger partial charge in [-0.2, -0.15) is 4.31 Å². The molecule has 0 radical (unpaired) electrons. The van der Waals surface area contributed by atoms with E-state index < -0.39 is 34.1 Å². The van der Waals surface area contributed by atoms with Crippen molar-refractivity contribution < 1.29 is 36.2 Å². The predicted octanol–water partition coefficient (Wildman–Crippen LogP) is 2.60. The van der Waals surface area contributed by atoms with Gasteiger partial charge in [0, 0.05) is 6.04 Å². The van der Waals surface area contributed by atoms with E-state index in [9.17, 15) is 31.5 Å². The van der Waals surface area contributed by atoms with Gasteiger partial charge in [-0.25, -0.2) is 8.42 Å². The van der Waals surface area contributed by atoms with Crippen molar-refractivity contribution in [1.82, 2.24) is 4.31 Å². The van der Waals surface area contributed by atoms with Crippen molar-refractivity contribution in [1.29, 1.82) is 0 Å². The monoisotopic (exact) mass is 379 g/mol. The van der Waals surface area contributed by atoms with Gasteiger partial charge in [0.2, 0.25) is 10.0 Å². The molecule has 1 saturated carbocycles. The molecule has 3 rings (SSSR count). The first kappa shape index (κ1) is 18.0. The van der Waals surface area contributed by atoms with Gasteiger partial charge in [0.05, 0.1) is 4.90 Å². The fourth-order valence-corrected chi connectivity index (χ4v) is 5.61. The van der Waals surface area contributed by atoms with E-state index in [0.717, 1.165) is 41.4 Å². The number of hydrogen-bond donors (Lipinski definition) is 1. The molecule has 2 fully saturated rings. The molecule has 1 aliphatic carbocycles. The number of aliphatic carboxylic acids is 1. The second kappa shape index (κ2) is 6.17. The number of alkyl halides is 3. The molecule has 0 spiro atoms. The summed E-state index contributed by atoms with van der Waals surface area (Å²) in [7, 11) is -4.13. The van der Waals surface area contributed by atoms with Crippen LogP contribution < -0.4 is 4.74 Å². The quantitative estimate of drug-likeness (QED) is 0.869. The summed E-state index contributed by atoms with van der Waals surface area (Å²) in [5.41, 5.74) is 0. The fourth-order valence-electron chi connectivity index (χ4n) is 3.74. The summed E-state index contributed by atoms with van der Waals surface area (Å²) < 4.78 is 67.1. The number of fused-ring (bicyclic) bond motifs is 1. The van der Waals surface area contributed by atoms with E-state index in [-0.39, 0.29) is 23.3 Å². The number of sulfonamides is 1. The van der Waals surface area contributed by atoms with Crippen LogP contribution in [0.5, 0.6) is 5.75 Å². The van der Waals surface area contributed by atoms with Gasteiger partial charge in [-0.3, -0.25) is 4.79 Å². The number of benzene rings is 1. The maximum atomic E-state index is 12.9. The highest BCUT2D eigenvalue weighted by molar-refractivity contribution is 7.89. The van der Waals surface area contributed by atoms with Crippen LogP contribution in [0.3, 0.4) is 0 Å². The second-order valence-corrected chi connectivity index (χ2v) is 8.05. The summed E-state index contributed by atoms with van der Waals surface area (Å²) in [5.74, 6) is -1.75. The molecule has 1 heterocycles. The third-order valence-corrected chi connectivity index (χ3v) is 6.65. The highest BCUT2D eigenvalue weighted by Crippen LogP contribution is 2.44. The smallest absolute Gasteiger partial charge is 0.480 e. The van der Waals surface area contributed by atoms with Gasteiger partial charge in [-0.05, 0) is 49.4 Å². The summed E-state index contributed by atoms with van der Waals surface area (Å²) in [6.07, 6.45) is -2.43. The van der Waals surface area contributed by atoms with E-state index in [1.165, 1.54) is 0 Å². The van der Waals surface area contributed by atoms with Gasteiger partial charge < -0.3 is 9.84 Å². The lowest BCUT2D eigenvalue weighted by molar-refractivity contribution is -0.274. The van der Waals surface area contributed by atoms with Crippen LogP contribution in [0.1, 0.15) is 25.7 Å². The Kier molecular flexibility index (Phi) is 4.44. The third kappa shape index (κ3) is 3.45. The zero-order valence-electron chi connectivity index (χ0n) is 12.9. The van der Waals surface area contributed by atoms with E-state index >= 15 is 0 Å². The van der Waals surface area contributed by atoms with Gasteiger partial charge in [0.1, 0.15) is 11.8 Å². The number of hydrogen-bond acceptors (Lipinski definition) is 4. The zero-order chi connectivity index (χ0) is 18.4. The SMILES string of the molecule is O=C(O)[C@H]1C[C@H]2CCC[C@H]2N1S(=O)(=O)c1ccc(OC(F)(F)F)cc1. The normalized spacial score (nSPS) is 27.2. The summed E-state index contributed by atoms with van der Waals surface area (Å²) in [6.45, 7) is 0. The maximum absolute atomic E-state index is 12.9. The number of nitrogens with zero attached hydrogens (tertiary/aromatic N) is 1. The van der Waals surface area contributed by atoms with Gasteiger partial charge in [-0.15, -0.1) is 13.2 Å². The summed E-state index contributed by atoms with van der Waals surface area (Å²) in [6, 6.07) is 2.27. The van der Waals surface area contributed by atoms with Crippen molar-refractivity contribution in [2.75, 3.05) is 0 Å². The number of carbonyl (C=O) groups is 1. The van der Waals surface area contributed by atoms with Crippen LogP contribution in [0.15, 0.2) is 29.2 Å². The predicted molar refractivity (Wildman–Crippen MR) is 79.3 cm³/mol. The van der Waals surface area contributed by atoms with E-state index in [1.54, 1.807) is 0 Å². The maximum Gasteiger partial charge on any atom is 0.573 e. The molecule has 1 aliphatic heterocycles. The van der Waals surface area contributed by atoms with Crippen LogP contribution in [0.2, 0.25) is 0 Å². The molecule has 1 aromatic rings. The largest absolute Gasteiger partial charge is 0.573 e. The number of halogens is 3. The van der Waals surface area contributed by atoms with Crippen molar-refractivity contribution in [3.05, 3.63) is 24.3 Å². The number of carboxylic acids is 1.